The third-order valence-electron chi connectivity index (χ3n) is 4.28. The van der Waals surface area contributed by atoms with Crippen LogP contribution in [-0.4, -0.2) is 11.5 Å². The van der Waals surface area contributed by atoms with Crippen LogP contribution in [0.15, 0.2) is 30.5 Å². The largest absolute Gasteiger partial charge is 0.385 e. The standard InChI is InChI=1S/C16H22N2/c1-12-2-4-13(5-3-12)11-18-15-6-7-16-14(10-15)8-9-17-16/h6-10,12-13,17-18H,2-5,11H2,1H3/t12-,13-. The molecule has 18 heavy (non-hydrogen) atoms. The van der Waals surface area contributed by atoms with Gasteiger partial charge in [-0.15, -0.1) is 0 Å². The molecule has 0 spiro atoms. The van der Waals surface area contributed by atoms with Crippen molar-refractivity contribution in [3.05, 3.63) is 30.5 Å². The van der Waals surface area contributed by atoms with Crippen molar-refractivity contribution in [1.82, 2.24) is 4.98 Å². The van der Waals surface area contributed by atoms with E-state index in [2.05, 4.69) is 41.5 Å². The zero-order chi connectivity index (χ0) is 12.4. The summed E-state index contributed by atoms with van der Waals surface area (Å²) in [6.07, 6.45) is 7.59. The van der Waals surface area contributed by atoms with Gasteiger partial charge in [-0.3, -0.25) is 0 Å². The molecule has 0 saturated heterocycles. The third kappa shape index (κ3) is 2.53. The van der Waals surface area contributed by atoms with E-state index in [0.29, 0.717) is 0 Å². The van der Waals surface area contributed by atoms with Gasteiger partial charge in [0.2, 0.25) is 0 Å². The van der Waals surface area contributed by atoms with Crippen molar-refractivity contribution in [2.75, 3.05) is 11.9 Å². The zero-order valence-electron chi connectivity index (χ0n) is 11.1. The van der Waals surface area contributed by atoms with Gasteiger partial charge in [-0.25, -0.2) is 0 Å². The first kappa shape index (κ1) is 11.6. The second-order valence-corrected chi connectivity index (χ2v) is 5.79. The lowest BCUT2D eigenvalue weighted by atomic mass is 9.83. The van der Waals surface area contributed by atoms with Crippen molar-refractivity contribution >= 4 is 16.6 Å². The summed E-state index contributed by atoms with van der Waals surface area (Å²) in [4.78, 5) is 3.23. The van der Waals surface area contributed by atoms with E-state index in [9.17, 15) is 0 Å². The van der Waals surface area contributed by atoms with Crippen LogP contribution < -0.4 is 5.32 Å². The minimum Gasteiger partial charge on any atom is -0.385 e. The van der Waals surface area contributed by atoms with Gasteiger partial charge in [-0.05, 0) is 48.9 Å². The van der Waals surface area contributed by atoms with Crippen LogP contribution in [0.3, 0.4) is 0 Å². The predicted octanol–water partition coefficient (Wildman–Crippen LogP) is 4.41. The summed E-state index contributed by atoms with van der Waals surface area (Å²) in [6, 6.07) is 8.69. The molecular formula is C16H22N2. The second-order valence-electron chi connectivity index (χ2n) is 5.79. The zero-order valence-corrected chi connectivity index (χ0v) is 11.1. The van der Waals surface area contributed by atoms with Crippen molar-refractivity contribution in [2.24, 2.45) is 11.8 Å². The van der Waals surface area contributed by atoms with Gasteiger partial charge in [0.05, 0.1) is 0 Å². The first-order valence-corrected chi connectivity index (χ1v) is 7.12. The highest BCUT2D eigenvalue weighted by atomic mass is 14.9. The normalized spacial score (nSPS) is 24.3. The number of rotatable bonds is 3. The van der Waals surface area contributed by atoms with E-state index in [1.54, 1.807) is 0 Å². The lowest BCUT2D eigenvalue weighted by Gasteiger charge is -2.26. The number of benzene rings is 1. The van der Waals surface area contributed by atoms with Gasteiger partial charge in [-0.2, -0.15) is 0 Å². The Kier molecular flexibility index (Phi) is 3.26. The molecule has 1 aromatic carbocycles. The topological polar surface area (TPSA) is 27.8 Å². The summed E-state index contributed by atoms with van der Waals surface area (Å²) in [6.45, 7) is 3.51. The summed E-state index contributed by atoms with van der Waals surface area (Å²) in [5.74, 6) is 1.81. The van der Waals surface area contributed by atoms with Crippen LogP contribution in [0.1, 0.15) is 32.6 Å². The molecule has 1 aliphatic rings. The van der Waals surface area contributed by atoms with E-state index < -0.39 is 0 Å². The highest BCUT2D eigenvalue weighted by molar-refractivity contribution is 5.82. The molecule has 2 heteroatoms. The number of nitrogens with one attached hydrogen (secondary N) is 2. The SMILES string of the molecule is C[C@H]1CC[C@H](CNc2ccc3[nH]ccc3c2)CC1. The number of aromatic nitrogens is 1. The summed E-state index contributed by atoms with van der Waals surface area (Å²) in [5, 5.41) is 4.89. The summed E-state index contributed by atoms with van der Waals surface area (Å²) < 4.78 is 0. The Hall–Kier alpha value is -1.44. The van der Waals surface area contributed by atoms with Crippen molar-refractivity contribution in [1.29, 1.82) is 0 Å². The third-order valence-corrected chi connectivity index (χ3v) is 4.28. The number of anilines is 1. The molecule has 0 unspecified atom stereocenters. The Labute approximate surface area is 109 Å². The molecule has 0 amide bonds. The van der Waals surface area contributed by atoms with E-state index in [0.717, 1.165) is 18.4 Å². The number of hydrogen-bond donors (Lipinski definition) is 2. The van der Waals surface area contributed by atoms with E-state index >= 15 is 0 Å². The molecule has 1 heterocycles. The van der Waals surface area contributed by atoms with Crippen LogP contribution in [-0.2, 0) is 0 Å². The van der Waals surface area contributed by atoms with Crippen LogP contribution in [0.25, 0.3) is 10.9 Å². The fourth-order valence-electron chi connectivity index (χ4n) is 2.96. The van der Waals surface area contributed by atoms with Crippen molar-refractivity contribution in [2.45, 2.75) is 32.6 Å². The van der Waals surface area contributed by atoms with Crippen LogP contribution in [0, 0.1) is 11.8 Å². The second kappa shape index (κ2) is 5.05. The molecule has 2 aromatic rings. The van der Waals surface area contributed by atoms with Crippen LogP contribution in [0.2, 0.25) is 0 Å². The first-order valence-electron chi connectivity index (χ1n) is 7.12. The number of H-pyrrole nitrogens is 1. The maximum atomic E-state index is 3.60. The van der Waals surface area contributed by atoms with E-state index in [-0.39, 0.29) is 0 Å². The Bertz CT molecular complexity index is 507. The van der Waals surface area contributed by atoms with Gasteiger partial charge < -0.3 is 10.3 Å². The highest BCUT2D eigenvalue weighted by Crippen LogP contribution is 2.28. The molecule has 0 aliphatic heterocycles. The Morgan fingerprint density at radius 3 is 2.83 bits per heavy atom. The van der Waals surface area contributed by atoms with Crippen molar-refractivity contribution in [3.63, 3.8) is 0 Å². The van der Waals surface area contributed by atoms with Gasteiger partial charge in [-0.1, -0.05) is 19.8 Å². The first-order chi connectivity index (χ1) is 8.81. The van der Waals surface area contributed by atoms with Crippen LogP contribution >= 0.6 is 0 Å². The lowest BCUT2D eigenvalue weighted by Crippen LogP contribution is -2.20. The summed E-state index contributed by atoms with van der Waals surface area (Å²) >= 11 is 0. The molecule has 2 nitrogen and oxygen atoms in total. The van der Waals surface area contributed by atoms with E-state index in [1.807, 2.05) is 6.20 Å². The molecule has 2 N–H and O–H groups in total. The smallest absolute Gasteiger partial charge is 0.0455 e. The van der Waals surface area contributed by atoms with Gasteiger partial charge in [0.15, 0.2) is 0 Å². The molecule has 1 aromatic heterocycles. The monoisotopic (exact) mass is 242 g/mol. The average molecular weight is 242 g/mol. The average Bonchev–Trinajstić information content (AvgIpc) is 2.85. The quantitative estimate of drug-likeness (QED) is 0.820. The Morgan fingerprint density at radius 2 is 2.00 bits per heavy atom. The van der Waals surface area contributed by atoms with Crippen molar-refractivity contribution < 1.29 is 0 Å². The molecule has 0 atom stereocenters. The van der Waals surface area contributed by atoms with Gasteiger partial charge in [0.1, 0.15) is 0 Å². The lowest BCUT2D eigenvalue weighted by molar-refractivity contribution is 0.300. The molecule has 1 aliphatic carbocycles. The molecule has 0 bridgehead atoms. The molecule has 0 radical (unpaired) electrons. The number of fused-ring (bicyclic) bond motifs is 1. The summed E-state index contributed by atoms with van der Waals surface area (Å²) in [7, 11) is 0. The maximum Gasteiger partial charge on any atom is 0.0455 e. The highest BCUT2D eigenvalue weighted by Gasteiger charge is 2.17. The van der Waals surface area contributed by atoms with Crippen LogP contribution in [0.5, 0.6) is 0 Å². The Morgan fingerprint density at radius 1 is 1.17 bits per heavy atom. The number of hydrogen-bond acceptors (Lipinski definition) is 1. The van der Waals surface area contributed by atoms with Gasteiger partial charge in [0, 0.05) is 29.3 Å². The van der Waals surface area contributed by atoms with Gasteiger partial charge >= 0.3 is 0 Å². The molecular weight excluding hydrogens is 220 g/mol. The molecule has 1 saturated carbocycles. The van der Waals surface area contributed by atoms with E-state index in [1.165, 1.54) is 42.3 Å². The molecule has 1 fully saturated rings. The van der Waals surface area contributed by atoms with Crippen LogP contribution in [0.4, 0.5) is 5.69 Å². The predicted molar refractivity (Wildman–Crippen MR) is 77.9 cm³/mol. The maximum absolute atomic E-state index is 3.60. The molecule has 3 rings (SSSR count). The number of aromatic amines is 1. The Balaban J connectivity index is 1.59. The molecule has 96 valence electrons. The van der Waals surface area contributed by atoms with Crippen molar-refractivity contribution in [3.8, 4) is 0 Å². The summed E-state index contributed by atoms with van der Waals surface area (Å²) in [5.41, 5.74) is 2.47. The fraction of sp³-hybridized carbons (Fsp3) is 0.500. The minimum absolute atomic E-state index is 0.864. The van der Waals surface area contributed by atoms with Gasteiger partial charge in [0.25, 0.3) is 0 Å². The minimum atomic E-state index is 0.864. The van der Waals surface area contributed by atoms with E-state index in [4.69, 9.17) is 0 Å². The fourth-order valence-corrected chi connectivity index (χ4v) is 2.96.